The molecule has 1 saturated heterocycles. The molecule has 0 atom stereocenters. The van der Waals surface area contributed by atoms with E-state index in [4.69, 9.17) is 0 Å². The normalized spacial score (nSPS) is 18.1. The summed E-state index contributed by atoms with van der Waals surface area (Å²) in [5, 5.41) is 3.21. The van der Waals surface area contributed by atoms with E-state index in [9.17, 15) is 8.42 Å². The van der Waals surface area contributed by atoms with Crippen molar-refractivity contribution >= 4 is 10.2 Å². The Morgan fingerprint density at radius 2 is 2.15 bits per heavy atom. The van der Waals surface area contributed by atoms with Crippen LogP contribution in [-0.4, -0.2) is 55.2 Å². The molecule has 1 aliphatic heterocycles. The average Bonchev–Trinajstić information content (AvgIpc) is 2.67. The third-order valence-corrected chi connectivity index (χ3v) is 5.28. The van der Waals surface area contributed by atoms with E-state index in [0.29, 0.717) is 26.2 Å². The summed E-state index contributed by atoms with van der Waals surface area (Å²) in [6.45, 7) is 4.87. The summed E-state index contributed by atoms with van der Waals surface area (Å²) in [6.07, 6.45) is 0.843. The summed E-state index contributed by atoms with van der Waals surface area (Å²) < 4.78 is 28.0. The van der Waals surface area contributed by atoms with Gasteiger partial charge in [0.2, 0.25) is 0 Å². The number of hydrogen-bond donors (Lipinski definition) is 1. The smallest absolute Gasteiger partial charge is 0.282 e. The van der Waals surface area contributed by atoms with E-state index in [1.165, 1.54) is 4.31 Å². The molecular formula is C13H22N4O2S. The van der Waals surface area contributed by atoms with Crippen LogP contribution in [0.25, 0.3) is 0 Å². The van der Waals surface area contributed by atoms with Gasteiger partial charge in [-0.3, -0.25) is 4.98 Å². The number of nitrogens with zero attached hydrogens (tertiary/aromatic N) is 3. The van der Waals surface area contributed by atoms with Crippen molar-refractivity contribution in [3.05, 3.63) is 29.6 Å². The fourth-order valence-electron chi connectivity index (χ4n) is 2.25. The Balaban J connectivity index is 2.08. The predicted octanol–water partition coefficient (Wildman–Crippen LogP) is 0.362. The van der Waals surface area contributed by atoms with Gasteiger partial charge in [-0.05, 0) is 32.0 Å². The molecule has 7 heteroatoms. The van der Waals surface area contributed by atoms with E-state index >= 15 is 0 Å². The van der Waals surface area contributed by atoms with Crippen LogP contribution in [0.1, 0.15) is 17.8 Å². The molecule has 0 spiro atoms. The van der Waals surface area contributed by atoms with Gasteiger partial charge in [0.15, 0.2) is 0 Å². The largest absolute Gasteiger partial charge is 0.315 e. The van der Waals surface area contributed by atoms with Crippen LogP contribution >= 0.6 is 0 Å². The van der Waals surface area contributed by atoms with Crippen molar-refractivity contribution in [3.8, 4) is 0 Å². The molecule has 20 heavy (non-hydrogen) atoms. The summed E-state index contributed by atoms with van der Waals surface area (Å²) in [5.74, 6) is 0. The molecular weight excluding hydrogens is 276 g/mol. The third-order valence-electron chi connectivity index (χ3n) is 3.35. The van der Waals surface area contributed by atoms with Crippen molar-refractivity contribution in [2.24, 2.45) is 0 Å². The molecule has 0 aliphatic carbocycles. The van der Waals surface area contributed by atoms with E-state index < -0.39 is 10.2 Å². The highest BCUT2D eigenvalue weighted by Gasteiger charge is 2.27. The molecule has 0 saturated carbocycles. The highest BCUT2D eigenvalue weighted by Crippen LogP contribution is 2.12. The third kappa shape index (κ3) is 3.76. The average molecular weight is 298 g/mol. The number of rotatable bonds is 4. The van der Waals surface area contributed by atoms with E-state index in [2.05, 4.69) is 10.3 Å². The van der Waals surface area contributed by atoms with Crippen molar-refractivity contribution < 1.29 is 8.42 Å². The Labute approximate surface area is 121 Å². The second-order valence-corrected chi connectivity index (χ2v) is 7.07. The maximum Gasteiger partial charge on any atom is 0.282 e. The standard InChI is InChI=1S/C13H22N4O2S/c1-12-5-3-6-13(15-12)11-16(2)20(18,19)17-9-4-7-14-8-10-17/h3,5-6,14H,4,7-11H2,1-2H3. The van der Waals surface area contributed by atoms with Gasteiger partial charge < -0.3 is 5.32 Å². The summed E-state index contributed by atoms with van der Waals surface area (Å²) in [4.78, 5) is 4.35. The van der Waals surface area contributed by atoms with Gasteiger partial charge in [-0.2, -0.15) is 17.0 Å². The summed E-state index contributed by atoms with van der Waals surface area (Å²) >= 11 is 0. The molecule has 6 nitrogen and oxygen atoms in total. The fourth-order valence-corrected chi connectivity index (χ4v) is 3.62. The maximum absolute atomic E-state index is 12.5. The minimum atomic E-state index is -3.41. The molecule has 0 amide bonds. The molecule has 1 aliphatic rings. The second kappa shape index (κ2) is 6.62. The van der Waals surface area contributed by atoms with Crippen LogP contribution in [0.5, 0.6) is 0 Å². The fraction of sp³-hybridized carbons (Fsp3) is 0.615. The lowest BCUT2D eigenvalue weighted by atomic mass is 10.3. The highest BCUT2D eigenvalue weighted by atomic mass is 32.2. The first kappa shape index (κ1) is 15.4. The SMILES string of the molecule is Cc1cccc(CN(C)S(=O)(=O)N2CCCNCC2)n1. The van der Waals surface area contributed by atoms with Gasteiger partial charge in [0.05, 0.1) is 12.2 Å². The Bertz CT molecular complexity index is 539. The minimum absolute atomic E-state index is 0.300. The lowest BCUT2D eigenvalue weighted by Crippen LogP contribution is -2.43. The Kier molecular flexibility index (Phi) is 5.09. The molecule has 0 radical (unpaired) electrons. The Hall–Kier alpha value is -1.02. The van der Waals surface area contributed by atoms with Crippen LogP contribution in [-0.2, 0) is 16.8 Å². The predicted molar refractivity (Wildman–Crippen MR) is 78.4 cm³/mol. The number of aromatic nitrogens is 1. The first-order valence-corrected chi connectivity index (χ1v) is 8.24. The van der Waals surface area contributed by atoms with Crippen molar-refractivity contribution in [2.75, 3.05) is 33.2 Å². The molecule has 0 unspecified atom stereocenters. The van der Waals surface area contributed by atoms with Crippen LogP contribution in [0, 0.1) is 6.92 Å². The van der Waals surface area contributed by atoms with Crippen LogP contribution in [0.15, 0.2) is 18.2 Å². The quantitative estimate of drug-likeness (QED) is 0.872. The zero-order valence-electron chi connectivity index (χ0n) is 12.0. The Morgan fingerprint density at radius 3 is 2.90 bits per heavy atom. The molecule has 1 N–H and O–H groups in total. The van der Waals surface area contributed by atoms with Crippen LogP contribution in [0.2, 0.25) is 0 Å². The Morgan fingerprint density at radius 1 is 1.35 bits per heavy atom. The molecule has 2 heterocycles. The topological polar surface area (TPSA) is 65.5 Å². The van der Waals surface area contributed by atoms with Crippen LogP contribution in [0.3, 0.4) is 0 Å². The van der Waals surface area contributed by atoms with Crippen molar-refractivity contribution in [3.63, 3.8) is 0 Å². The minimum Gasteiger partial charge on any atom is -0.315 e. The van der Waals surface area contributed by atoms with Gasteiger partial charge in [0.1, 0.15) is 0 Å². The number of pyridine rings is 1. The maximum atomic E-state index is 12.5. The van der Waals surface area contributed by atoms with Gasteiger partial charge in [0, 0.05) is 32.4 Å². The molecule has 112 valence electrons. The molecule has 0 aromatic carbocycles. The van der Waals surface area contributed by atoms with Gasteiger partial charge in [0.25, 0.3) is 10.2 Å². The van der Waals surface area contributed by atoms with Gasteiger partial charge in [-0.15, -0.1) is 0 Å². The van der Waals surface area contributed by atoms with Crippen LogP contribution in [0.4, 0.5) is 0 Å². The van der Waals surface area contributed by atoms with Crippen molar-refractivity contribution in [2.45, 2.75) is 19.9 Å². The zero-order valence-corrected chi connectivity index (χ0v) is 12.9. The molecule has 2 rings (SSSR count). The molecule has 1 aromatic rings. The van der Waals surface area contributed by atoms with Gasteiger partial charge in [-0.1, -0.05) is 6.07 Å². The summed E-state index contributed by atoms with van der Waals surface area (Å²) in [7, 11) is -1.80. The molecule has 0 bridgehead atoms. The van der Waals surface area contributed by atoms with Gasteiger partial charge in [-0.25, -0.2) is 0 Å². The van der Waals surface area contributed by atoms with E-state index in [1.807, 2.05) is 25.1 Å². The van der Waals surface area contributed by atoms with Crippen molar-refractivity contribution in [1.82, 2.24) is 18.9 Å². The lowest BCUT2D eigenvalue weighted by molar-refractivity contribution is 0.366. The van der Waals surface area contributed by atoms with E-state index in [1.54, 1.807) is 11.4 Å². The lowest BCUT2D eigenvalue weighted by Gasteiger charge is -2.26. The number of hydrogen-bond acceptors (Lipinski definition) is 4. The first-order chi connectivity index (χ1) is 9.50. The second-order valence-electron chi connectivity index (χ2n) is 5.04. The van der Waals surface area contributed by atoms with Crippen molar-refractivity contribution in [1.29, 1.82) is 0 Å². The summed E-state index contributed by atoms with van der Waals surface area (Å²) in [5.41, 5.74) is 1.66. The van der Waals surface area contributed by atoms with E-state index in [0.717, 1.165) is 24.4 Å². The molecule has 1 aromatic heterocycles. The zero-order chi connectivity index (χ0) is 14.6. The first-order valence-electron chi connectivity index (χ1n) is 6.85. The highest BCUT2D eigenvalue weighted by molar-refractivity contribution is 7.86. The number of aryl methyl sites for hydroxylation is 1. The van der Waals surface area contributed by atoms with E-state index in [-0.39, 0.29) is 0 Å². The molecule has 1 fully saturated rings. The summed E-state index contributed by atoms with van der Waals surface area (Å²) in [6, 6.07) is 5.65. The monoisotopic (exact) mass is 298 g/mol. The van der Waals surface area contributed by atoms with Crippen LogP contribution < -0.4 is 5.32 Å². The van der Waals surface area contributed by atoms with Gasteiger partial charge >= 0.3 is 0 Å². The number of nitrogens with one attached hydrogen (secondary N) is 1.